The topological polar surface area (TPSA) is 71.7 Å². The van der Waals surface area contributed by atoms with Gasteiger partial charge in [-0.2, -0.15) is 0 Å². The van der Waals surface area contributed by atoms with Gasteiger partial charge < -0.3 is 10.1 Å². The minimum Gasteiger partial charge on any atom is -0.383 e. The van der Waals surface area contributed by atoms with Crippen molar-refractivity contribution in [3.63, 3.8) is 0 Å². The molecule has 0 spiro atoms. The highest BCUT2D eigenvalue weighted by Crippen LogP contribution is 2.22. The number of rotatable bonds is 5. The predicted octanol–water partition coefficient (Wildman–Crippen LogP) is 1.45. The molecule has 96 valence electrons. The Hall–Kier alpha value is -0.630. The summed E-state index contributed by atoms with van der Waals surface area (Å²) in [5.74, 6) is 5.97. The molecular formula is C10H17BrN4OS. The van der Waals surface area contributed by atoms with Crippen LogP contribution in [0.25, 0.3) is 0 Å². The average molecular weight is 321 g/mol. The van der Waals surface area contributed by atoms with Gasteiger partial charge in [0.05, 0.1) is 16.9 Å². The standard InChI is InChI=1S/C10H17BrN4OS/c1-7(6-16-2)14-10(15-12)13-5-8-3-4-9(11)17-8/h3-4,7H,5-6,12H2,1-2H3,(H2,13,14,15). The Bertz CT molecular complexity index is 369. The first-order valence-corrected chi connectivity index (χ1v) is 6.77. The Labute approximate surface area is 114 Å². The number of nitrogens with two attached hydrogens (primary N) is 1. The molecule has 1 aromatic rings. The quantitative estimate of drug-likeness (QED) is 0.332. The van der Waals surface area contributed by atoms with Crippen LogP contribution in [0.3, 0.4) is 0 Å². The number of methoxy groups -OCH3 is 1. The van der Waals surface area contributed by atoms with Crippen LogP contribution in [0.1, 0.15) is 11.8 Å². The lowest BCUT2D eigenvalue weighted by Gasteiger charge is -2.15. The maximum atomic E-state index is 5.40. The van der Waals surface area contributed by atoms with E-state index in [9.17, 15) is 0 Å². The number of hydrogen-bond acceptors (Lipinski definition) is 4. The van der Waals surface area contributed by atoms with Gasteiger partial charge in [-0.3, -0.25) is 5.43 Å². The molecule has 0 saturated carbocycles. The smallest absolute Gasteiger partial charge is 0.206 e. The summed E-state index contributed by atoms with van der Waals surface area (Å²) in [4.78, 5) is 5.52. The molecule has 0 aliphatic carbocycles. The third-order valence-corrected chi connectivity index (χ3v) is 3.57. The molecule has 1 rings (SSSR count). The highest BCUT2D eigenvalue weighted by atomic mass is 79.9. The number of nitrogens with zero attached hydrogens (tertiary/aromatic N) is 1. The van der Waals surface area contributed by atoms with Crippen LogP contribution in [0.4, 0.5) is 0 Å². The van der Waals surface area contributed by atoms with Crippen molar-refractivity contribution in [2.75, 3.05) is 13.7 Å². The molecule has 4 N–H and O–H groups in total. The molecule has 7 heteroatoms. The number of ether oxygens (including phenoxy) is 1. The molecule has 1 atom stereocenters. The van der Waals surface area contributed by atoms with E-state index < -0.39 is 0 Å². The average Bonchev–Trinajstić information content (AvgIpc) is 2.70. The summed E-state index contributed by atoms with van der Waals surface area (Å²) in [6.07, 6.45) is 0. The summed E-state index contributed by atoms with van der Waals surface area (Å²) in [6.45, 7) is 3.20. The fourth-order valence-electron chi connectivity index (χ4n) is 1.25. The summed E-state index contributed by atoms with van der Waals surface area (Å²) in [6, 6.07) is 4.20. The Morgan fingerprint density at radius 3 is 2.94 bits per heavy atom. The van der Waals surface area contributed by atoms with Crippen LogP contribution >= 0.6 is 27.3 Å². The van der Waals surface area contributed by atoms with E-state index in [-0.39, 0.29) is 6.04 Å². The van der Waals surface area contributed by atoms with E-state index in [4.69, 9.17) is 10.6 Å². The van der Waals surface area contributed by atoms with E-state index in [1.807, 2.05) is 19.1 Å². The minimum absolute atomic E-state index is 0.157. The molecule has 0 aliphatic heterocycles. The molecule has 0 fully saturated rings. The molecular weight excluding hydrogens is 304 g/mol. The first-order chi connectivity index (χ1) is 8.15. The number of guanidine groups is 1. The lowest BCUT2D eigenvalue weighted by Crippen LogP contribution is -2.46. The summed E-state index contributed by atoms with van der Waals surface area (Å²) in [5, 5.41) is 3.13. The highest BCUT2D eigenvalue weighted by molar-refractivity contribution is 9.11. The van der Waals surface area contributed by atoms with E-state index >= 15 is 0 Å². The molecule has 0 saturated heterocycles. The Balaban J connectivity index is 2.49. The van der Waals surface area contributed by atoms with Gasteiger partial charge in [0.2, 0.25) is 5.96 Å². The van der Waals surface area contributed by atoms with Gasteiger partial charge in [0.25, 0.3) is 0 Å². The van der Waals surface area contributed by atoms with Crippen LogP contribution in [0, 0.1) is 0 Å². The Morgan fingerprint density at radius 2 is 2.41 bits per heavy atom. The lowest BCUT2D eigenvalue weighted by atomic mass is 10.4. The zero-order valence-corrected chi connectivity index (χ0v) is 12.3. The second kappa shape index (κ2) is 7.65. The van der Waals surface area contributed by atoms with Gasteiger partial charge in [-0.1, -0.05) is 0 Å². The maximum Gasteiger partial charge on any atom is 0.206 e. The van der Waals surface area contributed by atoms with Gasteiger partial charge >= 0.3 is 0 Å². The zero-order valence-electron chi connectivity index (χ0n) is 9.87. The fourth-order valence-corrected chi connectivity index (χ4v) is 2.66. The second-order valence-electron chi connectivity index (χ2n) is 3.52. The van der Waals surface area contributed by atoms with Gasteiger partial charge in [-0.25, -0.2) is 10.8 Å². The summed E-state index contributed by atoms with van der Waals surface area (Å²) in [7, 11) is 1.66. The van der Waals surface area contributed by atoms with Crippen LogP contribution in [-0.2, 0) is 11.3 Å². The number of nitrogens with one attached hydrogen (secondary N) is 2. The molecule has 0 amide bonds. The molecule has 0 radical (unpaired) electrons. The first kappa shape index (κ1) is 14.4. The monoisotopic (exact) mass is 320 g/mol. The van der Waals surface area contributed by atoms with Gasteiger partial charge in [0, 0.05) is 18.0 Å². The number of hydrogen-bond donors (Lipinski definition) is 3. The van der Waals surface area contributed by atoms with E-state index in [2.05, 4.69) is 31.7 Å². The molecule has 17 heavy (non-hydrogen) atoms. The summed E-state index contributed by atoms with van der Waals surface area (Å²) >= 11 is 5.07. The molecule has 0 aromatic carbocycles. The van der Waals surface area contributed by atoms with Crippen molar-refractivity contribution in [3.8, 4) is 0 Å². The number of aliphatic imine (C=N–C) groups is 1. The van der Waals surface area contributed by atoms with Crippen molar-refractivity contribution in [2.45, 2.75) is 19.5 Å². The minimum atomic E-state index is 0.157. The lowest BCUT2D eigenvalue weighted by molar-refractivity contribution is 0.179. The predicted molar refractivity (Wildman–Crippen MR) is 75.0 cm³/mol. The summed E-state index contributed by atoms with van der Waals surface area (Å²) < 4.78 is 6.13. The maximum absolute atomic E-state index is 5.40. The molecule has 1 unspecified atom stereocenters. The number of thiophene rings is 1. The van der Waals surface area contributed by atoms with E-state index in [1.54, 1.807) is 18.4 Å². The number of hydrazine groups is 1. The van der Waals surface area contributed by atoms with E-state index in [0.29, 0.717) is 19.1 Å². The van der Waals surface area contributed by atoms with Gasteiger partial charge in [-0.15, -0.1) is 11.3 Å². The SMILES string of the molecule is COCC(C)NC(=NCc1ccc(Br)s1)NN. The Kier molecular flexibility index (Phi) is 6.49. The molecule has 0 bridgehead atoms. The Morgan fingerprint density at radius 1 is 1.65 bits per heavy atom. The third-order valence-electron chi connectivity index (χ3n) is 1.96. The van der Waals surface area contributed by atoms with Crippen molar-refractivity contribution in [2.24, 2.45) is 10.8 Å². The van der Waals surface area contributed by atoms with Gasteiger partial charge in [0.15, 0.2) is 0 Å². The van der Waals surface area contributed by atoms with Crippen molar-refractivity contribution in [1.82, 2.24) is 10.7 Å². The van der Waals surface area contributed by atoms with E-state index in [0.717, 1.165) is 3.79 Å². The normalized spacial score (nSPS) is 13.5. The van der Waals surface area contributed by atoms with Crippen molar-refractivity contribution >= 4 is 33.2 Å². The zero-order chi connectivity index (χ0) is 12.7. The highest BCUT2D eigenvalue weighted by Gasteiger charge is 2.04. The van der Waals surface area contributed by atoms with E-state index in [1.165, 1.54) is 4.88 Å². The molecule has 5 nitrogen and oxygen atoms in total. The molecule has 1 aromatic heterocycles. The summed E-state index contributed by atoms with van der Waals surface area (Å²) in [5.41, 5.74) is 2.54. The number of halogens is 1. The van der Waals surface area contributed by atoms with Crippen LogP contribution in [-0.4, -0.2) is 25.7 Å². The van der Waals surface area contributed by atoms with Crippen LogP contribution < -0.4 is 16.6 Å². The second-order valence-corrected chi connectivity index (χ2v) is 6.06. The first-order valence-electron chi connectivity index (χ1n) is 5.16. The molecule has 1 heterocycles. The van der Waals surface area contributed by atoms with Crippen molar-refractivity contribution < 1.29 is 4.74 Å². The van der Waals surface area contributed by atoms with Gasteiger partial charge in [0.1, 0.15) is 0 Å². The third kappa shape index (κ3) is 5.49. The van der Waals surface area contributed by atoms with Crippen LogP contribution in [0.2, 0.25) is 0 Å². The van der Waals surface area contributed by atoms with Crippen LogP contribution in [0.15, 0.2) is 20.9 Å². The molecule has 0 aliphatic rings. The van der Waals surface area contributed by atoms with Gasteiger partial charge in [-0.05, 0) is 35.0 Å². The van der Waals surface area contributed by atoms with Crippen molar-refractivity contribution in [3.05, 3.63) is 20.8 Å². The largest absolute Gasteiger partial charge is 0.383 e. The fraction of sp³-hybridized carbons (Fsp3) is 0.500. The van der Waals surface area contributed by atoms with Crippen molar-refractivity contribution in [1.29, 1.82) is 0 Å². The van der Waals surface area contributed by atoms with Crippen LogP contribution in [0.5, 0.6) is 0 Å².